The maximum atomic E-state index is 12.1. The van der Waals surface area contributed by atoms with Crippen LogP contribution in [0, 0.1) is 5.41 Å². The lowest BCUT2D eigenvalue weighted by Gasteiger charge is -2.27. The minimum atomic E-state index is -0.956. The van der Waals surface area contributed by atoms with Crippen LogP contribution in [0.5, 0.6) is 0 Å². The van der Waals surface area contributed by atoms with Crippen molar-refractivity contribution < 1.29 is 14.7 Å². The lowest BCUT2D eigenvalue weighted by atomic mass is 9.86. The number of hydrogen-bond acceptors (Lipinski definition) is 4. The summed E-state index contributed by atoms with van der Waals surface area (Å²) < 4.78 is 0. The molecule has 19 heavy (non-hydrogen) atoms. The third kappa shape index (κ3) is 4.65. The molecule has 0 aliphatic rings. The number of carboxylic acids is 1. The van der Waals surface area contributed by atoms with Crippen molar-refractivity contribution >= 4 is 23.2 Å². The molecule has 0 spiro atoms. The standard InChI is InChI=1S/C13H20N2O3S/c1-13(2,3)11(14)12(18)15-8(7-10(16)17)9-5-4-6-19-9/h4-6,8,11H,7,14H2,1-3H3,(H,15,18)(H,16,17)/t8?,11-/m0/s1. The van der Waals surface area contributed by atoms with Crippen LogP contribution in [0.25, 0.3) is 0 Å². The molecule has 1 unspecified atom stereocenters. The largest absolute Gasteiger partial charge is 0.481 e. The molecule has 1 heterocycles. The molecule has 1 amide bonds. The van der Waals surface area contributed by atoms with Crippen LogP contribution in [0.4, 0.5) is 0 Å². The minimum Gasteiger partial charge on any atom is -0.481 e. The first-order valence-corrected chi connectivity index (χ1v) is 6.91. The first-order chi connectivity index (χ1) is 8.71. The summed E-state index contributed by atoms with van der Waals surface area (Å²) in [7, 11) is 0. The number of carbonyl (C=O) groups is 2. The predicted octanol–water partition coefficient (Wildman–Crippen LogP) is 1.75. The quantitative estimate of drug-likeness (QED) is 0.768. The number of aliphatic carboxylic acids is 1. The maximum absolute atomic E-state index is 12.1. The van der Waals surface area contributed by atoms with Crippen molar-refractivity contribution in [3.63, 3.8) is 0 Å². The fourth-order valence-electron chi connectivity index (χ4n) is 1.54. The third-order valence-corrected chi connectivity index (χ3v) is 3.78. The second kappa shape index (κ2) is 6.16. The fraction of sp³-hybridized carbons (Fsp3) is 0.538. The number of hydrogen-bond donors (Lipinski definition) is 3. The van der Waals surface area contributed by atoms with Crippen LogP contribution in [0.1, 0.15) is 38.1 Å². The van der Waals surface area contributed by atoms with E-state index in [9.17, 15) is 9.59 Å². The molecule has 1 rings (SSSR count). The van der Waals surface area contributed by atoms with Gasteiger partial charge in [0.15, 0.2) is 0 Å². The van der Waals surface area contributed by atoms with Gasteiger partial charge < -0.3 is 16.2 Å². The van der Waals surface area contributed by atoms with Crippen molar-refractivity contribution in [2.45, 2.75) is 39.3 Å². The maximum Gasteiger partial charge on any atom is 0.305 e. The van der Waals surface area contributed by atoms with Gasteiger partial charge in [-0.3, -0.25) is 9.59 Å². The second-order valence-corrected chi connectivity index (χ2v) is 6.50. The Hall–Kier alpha value is -1.40. The Morgan fingerprint density at radius 2 is 2.11 bits per heavy atom. The average molecular weight is 284 g/mol. The summed E-state index contributed by atoms with van der Waals surface area (Å²) in [6.07, 6.45) is -0.150. The van der Waals surface area contributed by atoms with Gasteiger partial charge in [-0.05, 0) is 16.9 Å². The Bertz CT molecular complexity index is 437. The highest BCUT2D eigenvalue weighted by Crippen LogP contribution is 2.24. The molecular formula is C13H20N2O3S. The number of nitrogens with two attached hydrogens (primary N) is 1. The molecule has 0 aromatic carbocycles. The van der Waals surface area contributed by atoms with Gasteiger partial charge in [-0.25, -0.2) is 0 Å². The highest BCUT2D eigenvalue weighted by atomic mass is 32.1. The SMILES string of the molecule is CC(C)(C)[C@@H](N)C(=O)NC(CC(=O)O)c1cccs1. The zero-order valence-electron chi connectivity index (χ0n) is 11.3. The van der Waals surface area contributed by atoms with Crippen molar-refractivity contribution in [1.29, 1.82) is 0 Å². The zero-order chi connectivity index (χ0) is 14.6. The van der Waals surface area contributed by atoms with Gasteiger partial charge in [0.2, 0.25) is 5.91 Å². The van der Waals surface area contributed by atoms with Gasteiger partial charge in [-0.15, -0.1) is 11.3 Å². The molecule has 2 atom stereocenters. The van der Waals surface area contributed by atoms with Crippen molar-refractivity contribution in [2.75, 3.05) is 0 Å². The molecule has 0 aliphatic carbocycles. The lowest BCUT2D eigenvalue weighted by molar-refractivity contribution is -0.137. The monoisotopic (exact) mass is 284 g/mol. The molecule has 106 valence electrons. The van der Waals surface area contributed by atoms with Gasteiger partial charge in [0.25, 0.3) is 0 Å². The first kappa shape index (κ1) is 15.7. The van der Waals surface area contributed by atoms with E-state index in [4.69, 9.17) is 10.8 Å². The van der Waals surface area contributed by atoms with Gasteiger partial charge in [0.1, 0.15) is 0 Å². The highest BCUT2D eigenvalue weighted by molar-refractivity contribution is 7.10. The van der Waals surface area contributed by atoms with E-state index in [-0.39, 0.29) is 17.7 Å². The molecule has 4 N–H and O–H groups in total. The Kier molecular flexibility index (Phi) is 5.08. The van der Waals surface area contributed by atoms with Gasteiger partial charge in [0, 0.05) is 4.88 Å². The molecular weight excluding hydrogens is 264 g/mol. The van der Waals surface area contributed by atoms with Crippen LogP contribution >= 0.6 is 11.3 Å². The molecule has 6 heteroatoms. The summed E-state index contributed by atoms with van der Waals surface area (Å²) in [5.41, 5.74) is 5.50. The number of carboxylic acid groups (broad SMARTS) is 1. The van der Waals surface area contributed by atoms with Crippen LogP contribution in [0.2, 0.25) is 0 Å². The van der Waals surface area contributed by atoms with Crippen LogP contribution in [0.3, 0.4) is 0 Å². The average Bonchev–Trinajstić information content (AvgIpc) is 2.78. The summed E-state index contributed by atoms with van der Waals surface area (Å²) in [6.45, 7) is 5.61. The van der Waals surface area contributed by atoms with Crippen LogP contribution in [-0.4, -0.2) is 23.0 Å². The van der Waals surface area contributed by atoms with Crippen molar-refractivity contribution in [3.05, 3.63) is 22.4 Å². The number of thiophene rings is 1. The van der Waals surface area contributed by atoms with E-state index >= 15 is 0 Å². The normalized spacial score (nSPS) is 14.7. The molecule has 0 fully saturated rings. The minimum absolute atomic E-state index is 0.150. The molecule has 0 saturated heterocycles. The molecule has 1 aromatic heterocycles. The van der Waals surface area contributed by atoms with E-state index in [0.29, 0.717) is 0 Å². The summed E-state index contributed by atoms with van der Waals surface area (Å²) in [5, 5.41) is 13.5. The Morgan fingerprint density at radius 1 is 1.47 bits per heavy atom. The van der Waals surface area contributed by atoms with Crippen LogP contribution < -0.4 is 11.1 Å². The van der Waals surface area contributed by atoms with Gasteiger partial charge >= 0.3 is 5.97 Å². The van der Waals surface area contributed by atoms with E-state index < -0.39 is 18.1 Å². The third-order valence-electron chi connectivity index (χ3n) is 2.80. The molecule has 0 bridgehead atoms. The molecule has 5 nitrogen and oxygen atoms in total. The van der Waals surface area contributed by atoms with Crippen LogP contribution in [0.15, 0.2) is 17.5 Å². The van der Waals surface area contributed by atoms with E-state index in [1.54, 1.807) is 6.07 Å². The number of carbonyl (C=O) groups excluding carboxylic acids is 1. The molecule has 1 aromatic rings. The smallest absolute Gasteiger partial charge is 0.305 e. The number of amides is 1. The number of nitrogens with one attached hydrogen (secondary N) is 1. The molecule has 0 aliphatic heterocycles. The predicted molar refractivity (Wildman–Crippen MR) is 74.9 cm³/mol. The lowest BCUT2D eigenvalue weighted by Crippen LogP contribution is -2.49. The Morgan fingerprint density at radius 3 is 2.53 bits per heavy atom. The Labute approximate surface area is 116 Å². The Balaban J connectivity index is 2.79. The summed E-state index contributed by atoms with van der Waals surface area (Å²) in [6, 6.07) is 2.42. The van der Waals surface area contributed by atoms with E-state index in [2.05, 4.69) is 5.32 Å². The van der Waals surface area contributed by atoms with Gasteiger partial charge in [0.05, 0.1) is 18.5 Å². The molecule has 0 saturated carbocycles. The van der Waals surface area contributed by atoms with E-state index in [1.165, 1.54) is 11.3 Å². The topological polar surface area (TPSA) is 92.4 Å². The number of rotatable bonds is 5. The summed E-state index contributed by atoms with van der Waals surface area (Å²) >= 11 is 1.42. The molecule has 0 radical (unpaired) electrons. The van der Waals surface area contributed by atoms with E-state index in [0.717, 1.165) is 4.88 Å². The fourth-order valence-corrected chi connectivity index (χ4v) is 2.32. The van der Waals surface area contributed by atoms with Crippen molar-refractivity contribution in [1.82, 2.24) is 5.32 Å². The van der Waals surface area contributed by atoms with Crippen molar-refractivity contribution in [3.8, 4) is 0 Å². The van der Waals surface area contributed by atoms with Crippen LogP contribution in [-0.2, 0) is 9.59 Å². The first-order valence-electron chi connectivity index (χ1n) is 6.03. The van der Waals surface area contributed by atoms with Gasteiger partial charge in [-0.1, -0.05) is 26.8 Å². The second-order valence-electron chi connectivity index (χ2n) is 5.52. The van der Waals surface area contributed by atoms with Crippen molar-refractivity contribution in [2.24, 2.45) is 11.1 Å². The highest BCUT2D eigenvalue weighted by Gasteiger charge is 2.30. The van der Waals surface area contributed by atoms with Gasteiger partial charge in [-0.2, -0.15) is 0 Å². The summed E-state index contributed by atoms with van der Waals surface area (Å²) in [5.74, 6) is -1.28. The van der Waals surface area contributed by atoms with E-state index in [1.807, 2.05) is 32.2 Å². The summed E-state index contributed by atoms with van der Waals surface area (Å²) in [4.78, 5) is 23.7. The zero-order valence-corrected chi connectivity index (χ0v) is 12.2.